The van der Waals surface area contributed by atoms with Crippen LogP contribution in [0.15, 0.2) is 152 Å². The van der Waals surface area contributed by atoms with Gasteiger partial charge in [0.25, 0.3) is 0 Å². The van der Waals surface area contributed by atoms with Gasteiger partial charge in [0.05, 0.1) is 0 Å². The topological polar surface area (TPSA) is 3.24 Å². The van der Waals surface area contributed by atoms with Gasteiger partial charge in [0.2, 0.25) is 0 Å². The Bertz CT molecular complexity index is 1460. The monoisotopic (exact) mass is 489 g/mol. The molecule has 5 aromatic rings. The van der Waals surface area contributed by atoms with Gasteiger partial charge in [-0.25, -0.2) is 0 Å². The minimum atomic E-state index is 0.617. The second-order valence-corrected chi connectivity index (χ2v) is 9.94. The zero-order chi connectivity index (χ0) is 25.7. The fourth-order valence-corrected chi connectivity index (χ4v) is 5.06. The maximum absolute atomic E-state index is 2.35. The van der Waals surface area contributed by atoms with Gasteiger partial charge < -0.3 is 4.90 Å². The zero-order valence-electron chi connectivity index (χ0n) is 21.7. The largest absolute Gasteiger partial charge is 0.311 e. The van der Waals surface area contributed by atoms with Crippen LogP contribution in [-0.4, -0.2) is 0 Å². The highest BCUT2D eigenvalue weighted by molar-refractivity contribution is 5.82. The molecule has 184 valence electrons. The highest BCUT2D eigenvalue weighted by Crippen LogP contribution is 2.37. The lowest BCUT2D eigenvalue weighted by atomic mass is 9.94. The Morgan fingerprint density at radius 1 is 0.474 bits per heavy atom. The first-order valence-electron chi connectivity index (χ1n) is 13.3. The first kappa shape index (κ1) is 23.8. The van der Waals surface area contributed by atoms with E-state index in [1.165, 1.54) is 33.4 Å². The molecule has 0 amide bonds. The summed E-state index contributed by atoms with van der Waals surface area (Å²) in [6, 6.07) is 47.8. The highest BCUT2D eigenvalue weighted by Gasteiger charge is 2.14. The number of hydrogen-bond donors (Lipinski definition) is 0. The summed E-state index contributed by atoms with van der Waals surface area (Å²) in [7, 11) is 0. The fourth-order valence-electron chi connectivity index (χ4n) is 5.06. The van der Waals surface area contributed by atoms with Crippen LogP contribution in [0, 0.1) is 5.92 Å². The molecule has 0 aromatic heterocycles. The first-order chi connectivity index (χ1) is 18.7. The lowest BCUT2D eigenvalue weighted by Gasteiger charge is -2.26. The molecule has 0 saturated heterocycles. The smallest absolute Gasteiger partial charge is 0.0462 e. The summed E-state index contributed by atoms with van der Waals surface area (Å²) in [6.45, 7) is 2.26. The van der Waals surface area contributed by atoms with E-state index in [0.29, 0.717) is 5.92 Å². The maximum atomic E-state index is 2.35. The fraction of sp³-hybridized carbons (Fsp3) is 0.0811. The zero-order valence-corrected chi connectivity index (χ0v) is 21.7. The maximum Gasteiger partial charge on any atom is 0.0462 e. The molecule has 1 nitrogen and oxygen atoms in total. The van der Waals surface area contributed by atoms with E-state index in [1.807, 2.05) is 0 Å². The molecule has 0 heterocycles. The van der Waals surface area contributed by atoms with Gasteiger partial charge >= 0.3 is 0 Å². The van der Waals surface area contributed by atoms with Gasteiger partial charge in [0.15, 0.2) is 0 Å². The average molecular weight is 490 g/mol. The highest BCUT2D eigenvalue weighted by atomic mass is 15.1. The molecular formula is C37H31N. The molecule has 1 unspecified atom stereocenters. The van der Waals surface area contributed by atoms with Crippen LogP contribution in [-0.2, 0) is 0 Å². The Kier molecular flexibility index (Phi) is 6.74. The van der Waals surface area contributed by atoms with Crippen LogP contribution in [0.3, 0.4) is 0 Å². The molecule has 0 bridgehead atoms. The number of nitrogens with zero attached hydrogens (tertiary/aromatic N) is 1. The Balaban J connectivity index is 1.36. The second kappa shape index (κ2) is 10.8. The summed E-state index contributed by atoms with van der Waals surface area (Å²) >= 11 is 0. The van der Waals surface area contributed by atoms with Crippen molar-refractivity contribution in [2.24, 2.45) is 5.92 Å². The van der Waals surface area contributed by atoms with Crippen molar-refractivity contribution < 1.29 is 0 Å². The van der Waals surface area contributed by atoms with Crippen molar-refractivity contribution in [1.82, 2.24) is 0 Å². The van der Waals surface area contributed by atoms with Gasteiger partial charge in [-0.3, -0.25) is 0 Å². The third-order valence-corrected chi connectivity index (χ3v) is 7.24. The molecule has 0 fully saturated rings. The summed E-state index contributed by atoms with van der Waals surface area (Å²) < 4.78 is 0. The summed E-state index contributed by atoms with van der Waals surface area (Å²) in [5.41, 5.74) is 10.9. The van der Waals surface area contributed by atoms with E-state index in [4.69, 9.17) is 0 Å². The summed E-state index contributed by atoms with van der Waals surface area (Å²) in [5.74, 6) is 0.617. The van der Waals surface area contributed by atoms with Crippen molar-refractivity contribution in [3.63, 3.8) is 0 Å². The van der Waals surface area contributed by atoms with Gasteiger partial charge in [-0.2, -0.15) is 0 Å². The van der Waals surface area contributed by atoms with Gasteiger partial charge in [-0.1, -0.05) is 122 Å². The summed E-state index contributed by atoms with van der Waals surface area (Å²) in [5, 5.41) is 0. The van der Waals surface area contributed by atoms with E-state index in [0.717, 1.165) is 23.5 Å². The van der Waals surface area contributed by atoms with Crippen molar-refractivity contribution in [3.05, 3.63) is 157 Å². The Labute approximate surface area is 226 Å². The number of benzene rings is 5. The van der Waals surface area contributed by atoms with Crippen molar-refractivity contribution in [1.29, 1.82) is 0 Å². The molecule has 0 saturated carbocycles. The molecule has 1 heteroatoms. The van der Waals surface area contributed by atoms with Gasteiger partial charge in [-0.15, -0.1) is 0 Å². The number of rotatable bonds is 6. The predicted octanol–water partition coefficient (Wildman–Crippen LogP) is 10.5. The van der Waals surface area contributed by atoms with Crippen LogP contribution >= 0.6 is 0 Å². The third kappa shape index (κ3) is 5.10. The van der Waals surface area contributed by atoms with Crippen molar-refractivity contribution in [2.45, 2.75) is 13.3 Å². The molecule has 0 N–H and O–H groups in total. The average Bonchev–Trinajstić information content (AvgIpc) is 3.00. The molecule has 5 aromatic carbocycles. The Morgan fingerprint density at radius 3 is 1.26 bits per heavy atom. The van der Waals surface area contributed by atoms with Crippen LogP contribution in [0.1, 0.15) is 18.9 Å². The molecule has 0 spiro atoms. The van der Waals surface area contributed by atoms with Crippen LogP contribution in [0.25, 0.3) is 27.8 Å². The van der Waals surface area contributed by atoms with E-state index in [2.05, 4.69) is 164 Å². The van der Waals surface area contributed by atoms with E-state index >= 15 is 0 Å². The lowest BCUT2D eigenvalue weighted by molar-refractivity contribution is 0.739. The Morgan fingerprint density at radius 2 is 0.868 bits per heavy atom. The molecule has 1 aliphatic carbocycles. The first-order valence-corrected chi connectivity index (χ1v) is 13.3. The number of anilines is 3. The molecule has 0 radical (unpaired) electrons. The SMILES string of the molecule is CC1C=CC(c2ccc(N(c3ccc(-c4ccccc4)cc3)c3ccc(-c4ccccc4)cc3)cc2)=CC1. The van der Waals surface area contributed by atoms with Crippen LogP contribution < -0.4 is 4.90 Å². The van der Waals surface area contributed by atoms with Gasteiger partial charge in [0.1, 0.15) is 0 Å². The van der Waals surface area contributed by atoms with Crippen molar-refractivity contribution in [3.8, 4) is 22.3 Å². The molecular weight excluding hydrogens is 458 g/mol. The predicted molar refractivity (Wildman–Crippen MR) is 163 cm³/mol. The van der Waals surface area contributed by atoms with Crippen LogP contribution in [0.2, 0.25) is 0 Å². The number of allylic oxidation sites excluding steroid dienone is 4. The minimum absolute atomic E-state index is 0.617. The molecule has 1 aliphatic rings. The standard InChI is InChI=1S/C37H31N/c1-28-12-14-31(15-13-28)34-20-26-37(27-21-34)38(35-22-16-32(17-23-35)29-8-4-2-5-9-29)36-24-18-33(19-25-36)30-10-6-3-7-11-30/h2-12,14-28H,13H2,1H3. The van der Waals surface area contributed by atoms with Gasteiger partial charge in [-0.05, 0) is 82.1 Å². The molecule has 0 aliphatic heterocycles. The quantitative estimate of drug-likeness (QED) is 0.229. The third-order valence-electron chi connectivity index (χ3n) is 7.24. The normalized spacial score (nSPS) is 14.7. The number of hydrogen-bond acceptors (Lipinski definition) is 1. The van der Waals surface area contributed by atoms with Crippen LogP contribution in [0.5, 0.6) is 0 Å². The Hall–Kier alpha value is -4.62. The molecule has 38 heavy (non-hydrogen) atoms. The molecule has 6 rings (SSSR count). The van der Waals surface area contributed by atoms with E-state index in [9.17, 15) is 0 Å². The summed E-state index contributed by atoms with van der Waals surface area (Å²) in [4.78, 5) is 2.33. The second-order valence-electron chi connectivity index (χ2n) is 9.94. The van der Waals surface area contributed by atoms with Gasteiger partial charge in [0, 0.05) is 17.1 Å². The van der Waals surface area contributed by atoms with Crippen molar-refractivity contribution >= 4 is 22.6 Å². The summed E-state index contributed by atoms with van der Waals surface area (Å²) in [6.07, 6.45) is 8.01. The molecule has 1 atom stereocenters. The van der Waals surface area contributed by atoms with E-state index in [-0.39, 0.29) is 0 Å². The lowest BCUT2D eigenvalue weighted by Crippen LogP contribution is -2.10. The van der Waals surface area contributed by atoms with E-state index < -0.39 is 0 Å². The van der Waals surface area contributed by atoms with Crippen molar-refractivity contribution in [2.75, 3.05) is 4.90 Å². The van der Waals surface area contributed by atoms with E-state index in [1.54, 1.807) is 0 Å². The van der Waals surface area contributed by atoms with Crippen LogP contribution in [0.4, 0.5) is 17.1 Å². The minimum Gasteiger partial charge on any atom is -0.311 e.